The molecule has 1 N–H and O–H groups in total. The number of ketones is 1. The van der Waals surface area contributed by atoms with Gasteiger partial charge in [-0.2, -0.15) is 13.2 Å². The van der Waals surface area contributed by atoms with Crippen molar-refractivity contribution >= 4 is 17.7 Å². The number of carbonyl (C=O) groups excluding carboxylic acids is 3. The lowest BCUT2D eigenvalue weighted by atomic mass is 9.44. The molecule has 0 saturated heterocycles. The monoisotopic (exact) mass is 500 g/mol. The largest absolute Gasteiger partial charge is 0.490 e. The average molecular weight is 501 g/mol. The molecule has 0 radical (unpaired) electrons. The van der Waals surface area contributed by atoms with E-state index in [0.717, 1.165) is 26.2 Å². The van der Waals surface area contributed by atoms with Crippen molar-refractivity contribution < 1.29 is 42.1 Å². The van der Waals surface area contributed by atoms with E-state index >= 15 is 0 Å². The van der Waals surface area contributed by atoms with E-state index in [1.165, 1.54) is 5.57 Å². The van der Waals surface area contributed by atoms with Crippen LogP contribution in [0.2, 0.25) is 0 Å². The van der Waals surface area contributed by atoms with Gasteiger partial charge in [0.1, 0.15) is 11.7 Å². The number of esters is 2. The fraction of sp³-hybridized carbons (Fsp3) is 0.808. The van der Waals surface area contributed by atoms with E-state index in [1.54, 1.807) is 6.92 Å². The van der Waals surface area contributed by atoms with Gasteiger partial charge in [-0.05, 0) is 68.1 Å². The predicted molar refractivity (Wildman–Crippen MR) is 119 cm³/mol. The summed E-state index contributed by atoms with van der Waals surface area (Å²) in [4.78, 5) is 36.4. The average Bonchev–Trinajstić information content (AvgIpc) is 3.02. The molecular formula is C26H35F3O6. The smallest absolute Gasteiger partial charge is 0.458 e. The molecule has 0 aliphatic heterocycles. The number of allylic oxidation sites excluding steroid dienone is 2. The zero-order chi connectivity index (χ0) is 26.0. The first-order valence-corrected chi connectivity index (χ1v) is 12.5. The number of aliphatic hydroxyl groups is 1. The van der Waals surface area contributed by atoms with Gasteiger partial charge in [-0.3, -0.25) is 9.59 Å². The van der Waals surface area contributed by atoms with Crippen LogP contribution in [0.1, 0.15) is 72.6 Å². The van der Waals surface area contributed by atoms with E-state index in [-0.39, 0.29) is 36.5 Å². The Morgan fingerprint density at radius 3 is 2.51 bits per heavy atom. The van der Waals surface area contributed by atoms with Crippen molar-refractivity contribution in [2.75, 3.05) is 6.61 Å². The quantitative estimate of drug-likeness (QED) is 0.451. The Kier molecular flexibility index (Phi) is 6.43. The molecule has 0 aromatic heterocycles. The number of hydrogen-bond acceptors (Lipinski definition) is 6. The van der Waals surface area contributed by atoms with Gasteiger partial charge >= 0.3 is 18.1 Å². The molecule has 0 bridgehead atoms. The number of hydrogen-bond donors (Lipinski definition) is 1. The Balaban J connectivity index is 1.77. The summed E-state index contributed by atoms with van der Waals surface area (Å²) in [5, 5.41) is 11.7. The van der Waals surface area contributed by atoms with Gasteiger partial charge in [0.2, 0.25) is 5.78 Å². The van der Waals surface area contributed by atoms with Gasteiger partial charge in [0.15, 0.2) is 6.61 Å². The number of carbonyl (C=O) groups is 3. The number of alkyl halides is 3. The molecule has 3 fully saturated rings. The molecule has 0 aromatic carbocycles. The number of Topliss-reactive ketones (excluding diaryl/α,β-unsaturated/α-hetero) is 1. The van der Waals surface area contributed by atoms with Crippen molar-refractivity contribution in [2.24, 2.45) is 34.5 Å². The van der Waals surface area contributed by atoms with Crippen LogP contribution in [0.3, 0.4) is 0 Å². The molecule has 0 heterocycles. The first-order chi connectivity index (χ1) is 16.1. The maximum absolute atomic E-state index is 13.3. The van der Waals surface area contributed by atoms with Crippen LogP contribution in [0, 0.1) is 34.5 Å². The van der Waals surface area contributed by atoms with Crippen molar-refractivity contribution in [2.45, 2.75) is 90.5 Å². The summed E-state index contributed by atoms with van der Waals surface area (Å²) in [6.45, 7) is 6.49. The van der Waals surface area contributed by atoms with Crippen molar-refractivity contribution in [3.05, 3.63) is 11.6 Å². The summed E-state index contributed by atoms with van der Waals surface area (Å²) in [6, 6.07) is 0. The fourth-order valence-electron chi connectivity index (χ4n) is 8.37. The Labute approximate surface area is 203 Å². The van der Waals surface area contributed by atoms with Crippen molar-refractivity contribution in [1.82, 2.24) is 0 Å². The molecule has 0 spiro atoms. The predicted octanol–water partition coefficient (Wildman–Crippen LogP) is 4.53. The van der Waals surface area contributed by atoms with Crippen LogP contribution in [-0.4, -0.2) is 47.3 Å². The molecule has 4 rings (SSSR count). The molecule has 4 aliphatic rings. The minimum absolute atomic E-state index is 0.0553. The molecule has 35 heavy (non-hydrogen) atoms. The van der Waals surface area contributed by atoms with Crippen LogP contribution in [0.25, 0.3) is 0 Å². The Hall–Kier alpha value is -1.90. The molecule has 196 valence electrons. The van der Waals surface area contributed by atoms with Gasteiger partial charge in [-0.25, -0.2) is 4.79 Å². The number of rotatable bonds is 4. The molecule has 6 nitrogen and oxygen atoms in total. The van der Waals surface area contributed by atoms with Gasteiger partial charge in [0.25, 0.3) is 0 Å². The molecule has 3 saturated carbocycles. The topological polar surface area (TPSA) is 89.9 Å². The van der Waals surface area contributed by atoms with Crippen molar-refractivity contribution in [1.29, 1.82) is 0 Å². The summed E-state index contributed by atoms with van der Waals surface area (Å²) in [7, 11) is 0. The summed E-state index contributed by atoms with van der Waals surface area (Å²) in [5.41, 5.74) is -2.19. The van der Waals surface area contributed by atoms with Crippen LogP contribution < -0.4 is 0 Å². The minimum Gasteiger partial charge on any atom is -0.458 e. The van der Waals surface area contributed by atoms with Gasteiger partial charge in [0, 0.05) is 18.3 Å². The van der Waals surface area contributed by atoms with Gasteiger partial charge < -0.3 is 14.6 Å². The molecule has 9 heteroatoms. The van der Waals surface area contributed by atoms with Gasteiger partial charge in [0.05, 0.1) is 0 Å². The van der Waals surface area contributed by atoms with E-state index in [9.17, 15) is 32.7 Å². The van der Waals surface area contributed by atoms with Crippen LogP contribution in [0.15, 0.2) is 11.6 Å². The highest BCUT2D eigenvalue weighted by atomic mass is 19.4. The van der Waals surface area contributed by atoms with Crippen LogP contribution >= 0.6 is 0 Å². The van der Waals surface area contributed by atoms with E-state index in [2.05, 4.69) is 19.9 Å². The third-order valence-electron chi connectivity index (χ3n) is 9.76. The lowest BCUT2D eigenvalue weighted by Gasteiger charge is -2.62. The summed E-state index contributed by atoms with van der Waals surface area (Å²) in [6.07, 6.45) is -0.113. The first-order valence-electron chi connectivity index (χ1n) is 12.5. The van der Waals surface area contributed by atoms with Crippen molar-refractivity contribution in [3.8, 4) is 0 Å². The molecule has 0 aromatic rings. The molecular weight excluding hydrogens is 465 g/mol. The minimum atomic E-state index is -5.14. The number of fused-ring (bicyclic) bond motifs is 5. The zero-order valence-electron chi connectivity index (χ0n) is 20.7. The van der Waals surface area contributed by atoms with E-state index in [4.69, 9.17) is 9.47 Å². The number of halogens is 3. The highest BCUT2D eigenvalue weighted by molar-refractivity contribution is 5.91. The van der Waals surface area contributed by atoms with Crippen LogP contribution in [-0.2, 0) is 23.9 Å². The first kappa shape index (κ1) is 26.2. The highest BCUT2D eigenvalue weighted by Crippen LogP contribution is 2.69. The maximum atomic E-state index is 13.3. The third-order valence-corrected chi connectivity index (χ3v) is 9.76. The zero-order valence-corrected chi connectivity index (χ0v) is 20.7. The molecule has 0 unspecified atom stereocenters. The van der Waals surface area contributed by atoms with Crippen LogP contribution in [0.4, 0.5) is 13.2 Å². The second-order valence-electron chi connectivity index (χ2n) is 11.6. The van der Waals surface area contributed by atoms with E-state index in [0.29, 0.717) is 12.8 Å². The summed E-state index contributed by atoms with van der Waals surface area (Å²) in [5.74, 6) is -3.94. The van der Waals surface area contributed by atoms with E-state index in [1.807, 2.05) is 0 Å². The second kappa shape index (κ2) is 8.60. The van der Waals surface area contributed by atoms with Crippen LogP contribution in [0.5, 0.6) is 0 Å². The Morgan fingerprint density at radius 1 is 1.20 bits per heavy atom. The lowest BCUT2D eigenvalue weighted by Crippen LogP contribution is -2.63. The SMILES string of the molecule is CC(=O)OCC(=O)[C@@]1(O)CC[C@H]2[C@@H]3C[C@H](C)C4=CCCC[C@]4(C)[C@H]3[C@@H](OC(=O)C(F)(F)F)C[C@@]21C. The Morgan fingerprint density at radius 2 is 1.89 bits per heavy atom. The Bertz CT molecular complexity index is 944. The van der Waals surface area contributed by atoms with Crippen molar-refractivity contribution in [3.63, 3.8) is 0 Å². The van der Waals surface area contributed by atoms with Gasteiger partial charge in [-0.15, -0.1) is 0 Å². The second-order valence-corrected chi connectivity index (χ2v) is 11.6. The standard InChI is InChI=1S/C26H35F3O6/c1-14-11-16-18-8-10-25(33,20(31)13-34-15(2)30)24(18,4)12-19(35-22(32)26(27,28)29)21(16)23(3)9-6-5-7-17(14)23/h7,14,16,18-19,21,33H,5-6,8-13H2,1-4H3/t14-,16-,18-,19-,21+,23-,24-,25-/m0/s1. The molecule has 8 atom stereocenters. The highest BCUT2D eigenvalue weighted by Gasteiger charge is 2.70. The summed E-state index contributed by atoms with van der Waals surface area (Å²) < 4.78 is 50.0. The normalized spacial score (nSPS) is 42.7. The lowest BCUT2D eigenvalue weighted by molar-refractivity contribution is -0.228. The molecule has 0 amide bonds. The fourth-order valence-corrected chi connectivity index (χ4v) is 8.37. The maximum Gasteiger partial charge on any atom is 0.490 e. The third kappa shape index (κ3) is 4.02. The van der Waals surface area contributed by atoms with E-state index < -0.39 is 53.0 Å². The summed E-state index contributed by atoms with van der Waals surface area (Å²) >= 11 is 0. The number of ether oxygens (including phenoxy) is 2. The van der Waals surface area contributed by atoms with Gasteiger partial charge in [-0.1, -0.05) is 32.4 Å². The molecule has 4 aliphatic carbocycles.